The van der Waals surface area contributed by atoms with E-state index in [1.807, 2.05) is 43.3 Å². The van der Waals surface area contributed by atoms with Crippen molar-refractivity contribution in [3.05, 3.63) is 71.5 Å². The van der Waals surface area contributed by atoms with Gasteiger partial charge in [-0.1, -0.05) is 35.5 Å². The Morgan fingerprint density at radius 1 is 1.06 bits per heavy atom. The van der Waals surface area contributed by atoms with E-state index in [9.17, 15) is 5.26 Å². The fourth-order valence-corrected chi connectivity index (χ4v) is 3.56. The summed E-state index contributed by atoms with van der Waals surface area (Å²) in [5, 5.41) is 26.2. The minimum Gasteiger partial charge on any atom is -0.368 e. The zero-order chi connectivity index (χ0) is 21.4. The number of H-pyrrole nitrogens is 1. The molecule has 3 aromatic heterocycles. The lowest BCUT2D eigenvalue weighted by Crippen LogP contribution is -2.01. The van der Waals surface area contributed by atoms with Gasteiger partial charge >= 0.3 is 0 Å². The molecule has 3 heterocycles. The number of hydrogen-bond donors (Lipinski definition) is 2. The summed E-state index contributed by atoms with van der Waals surface area (Å²) in [5.74, 6) is 0.128. The standard InChI is InChI=1S/C22H17N9/c1-13-14(10-23)5-4-7-15(13)18-9-19(26-22(24)25-18)21-12-31(30-29-21)11-20-16-6-2-3-8-17(16)27-28-20/h2-9,12H,11H2,1H3,(H,27,28)(H2,24,25,26). The first-order valence-electron chi connectivity index (χ1n) is 9.59. The highest BCUT2D eigenvalue weighted by atomic mass is 15.4. The van der Waals surface area contributed by atoms with Crippen LogP contribution in [0.25, 0.3) is 33.5 Å². The van der Waals surface area contributed by atoms with Crippen LogP contribution in [0, 0.1) is 18.3 Å². The van der Waals surface area contributed by atoms with E-state index >= 15 is 0 Å². The lowest BCUT2D eigenvalue weighted by atomic mass is 10.00. The molecule has 0 atom stereocenters. The molecule has 0 amide bonds. The van der Waals surface area contributed by atoms with E-state index in [2.05, 4.69) is 36.5 Å². The number of para-hydroxylation sites is 1. The number of nitrogen functional groups attached to an aromatic ring is 1. The lowest BCUT2D eigenvalue weighted by Gasteiger charge is -2.08. The minimum absolute atomic E-state index is 0.128. The van der Waals surface area contributed by atoms with Gasteiger partial charge in [0.25, 0.3) is 0 Å². The maximum absolute atomic E-state index is 9.32. The minimum atomic E-state index is 0.128. The van der Waals surface area contributed by atoms with Gasteiger partial charge in [-0.05, 0) is 30.7 Å². The monoisotopic (exact) mass is 407 g/mol. The first-order chi connectivity index (χ1) is 15.1. The van der Waals surface area contributed by atoms with Crippen LogP contribution in [-0.4, -0.2) is 35.2 Å². The summed E-state index contributed by atoms with van der Waals surface area (Å²) < 4.78 is 1.72. The van der Waals surface area contributed by atoms with Crippen LogP contribution in [0.4, 0.5) is 5.95 Å². The second-order valence-electron chi connectivity index (χ2n) is 7.11. The molecule has 31 heavy (non-hydrogen) atoms. The predicted octanol–water partition coefficient (Wildman–Crippen LogP) is 3.09. The average molecular weight is 407 g/mol. The van der Waals surface area contributed by atoms with E-state index in [4.69, 9.17) is 5.73 Å². The molecule has 9 heteroatoms. The molecule has 2 aromatic carbocycles. The number of fused-ring (bicyclic) bond motifs is 1. The van der Waals surface area contributed by atoms with Crippen molar-refractivity contribution in [2.24, 2.45) is 0 Å². The third-order valence-corrected chi connectivity index (χ3v) is 5.14. The molecule has 0 aliphatic carbocycles. The molecule has 0 fully saturated rings. The van der Waals surface area contributed by atoms with Gasteiger partial charge in [0, 0.05) is 10.9 Å². The van der Waals surface area contributed by atoms with E-state index in [-0.39, 0.29) is 5.95 Å². The molecule has 3 N–H and O–H groups in total. The SMILES string of the molecule is Cc1c(C#N)cccc1-c1cc(-c2cn(Cc3[nH]nc4ccccc34)nn2)nc(N)n1. The van der Waals surface area contributed by atoms with Gasteiger partial charge in [-0.15, -0.1) is 5.10 Å². The van der Waals surface area contributed by atoms with Gasteiger partial charge in [-0.25, -0.2) is 14.6 Å². The average Bonchev–Trinajstić information content (AvgIpc) is 3.41. The number of aromatic amines is 1. The summed E-state index contributed by atoms with van der Waals surface area (Å²) in [4.78, 5) is 8.68. The Hall–Kier alpha value is -4.58. The quantitative estimate of drug-likeness (QED) is 0.467. The molecule has 0 aliphatic rings. The van der Waals surface area contributed by atoms with E-state index < -0.39 is 0 Å². The fraction of sp³-hybridized carbons (Fsp3) is 0.0909. The Bertz CT molecular complexity index is 1460. The Labute approximate surface area is 177 Å². The van der Waals surface area contributed by atoms with Crippen LogP contribution >= 0.6 is 0 Å². The number of nitriles is 1. The number of rotatable bonds is 4. The maximum atomic E-state index is 9.32. The zero-order valence-electron chi connectivity index (χ0n) is 16.6. The largest absolute Gasteiger partial charge is 0.368 e. The van der Waals surface area contributed by atoms with Gasteiger partial charge in [-0.3, -0.25) is 5.10 Å². The van der Waals surface area contributed by atoms with Crippen molar-refractivity contribution in [3.8, 4) is 28.7 Å². The van der Waals surface area contributed by atoms with Crippen LogP contribution < -0.4 is 5.73 Å². The Morgan fingerprint density at radius 3 is 2.77 bits per heavy atom. The molecule has 0 spiro atoms. The van der Waals surface area contributed by atoms with E-state index in [1.165, 1.54) is 0 Å². The molecular weight excluding hydrogens is 390 g/mol. The molecule has 0 saturated carbocycles. The third kappa shape index (κ3) is 3.36. The molecule has 0 saturated heterocycles. The van der Waals surface area contributed by atoms with Crippen LogP contribution in [0.15, 0.2) is 54.7 Å². The Kier molecular flexibility index (Phi) is 4.37. The van der Waals surface area contributed by atoms with E-state index in [0.717, 1.165) is 27.7 Å². The van der Waals surface area contributed by atoms with Gasteiger partial charge < -0.3 is 5.73 Å². The molecule has 0 aliphatic heterocycles. The zero-order valence-corrected chi connectivity index (χ0v) is 16.6. The smallest absolute Gasteiger partial charge is 0.221 e. The normalized spacial score (nSPS) is 11.0. The molecule has 0 bridgehead atoms. The van der Waals surface area contributed by atoms with Crippen molar-refractivity contribution in [1.29, 1.82) is 5.26 Å². The highest BCUT2D eigenvalue weighted by molar-refractivity contribution is 5.81. The van der Waals surface area contributed by atoms with Crippen LogP contribution in [0.2, 0.25) is 0 Å². The molecule has 0 unspecified atom stereocenters. The fourth-order valence-electron chi connectivity index (χ4n) is 3.56. The molecule has 5 rings (SSSR count). The second kappa shape index (κ2) is 7.35. The lowest BCUT2D eigenvalue weighted by molar-refractivity contribution is 0.639. The summed E-state index contributed by atoms with van der Waals surface area (Å²) in [7, 11) is 0. The summed E-state index contributed by atoms with van der Waals surface area (Å²) in [6, 6.07) is 17.4. The van der Waals surface area contributed by atoms with Crippen molar-refractivity contribution in [2.75, 3.05) is 5.73 Å². The van der Waals surface area contributed by atoms with Gasteiger partial charge in [0.05, 0.1) is 47.0 Å². The van der Waals surface area contributed by atoms with E-state index in [1.54, 1.807) is 23.0 Å². The summed E-state index contributed by atoms with van der Waals surface area (Å²) in [6.45, 7) is 2.38. The number of nitrogens with one attached hydrogen (secondary N) is 1. The molecular formula is C22H17N9. The number of benzene rings is 2. The maximum Gasteiger partial charge on any atom is 0.221 e. The molecule has 0 radical (unpaired) electrons. The number of hydrogen-bond acceptors (Lipinski definition) is 7. The van der Waals surface area contributed by atoms with Crippen molar-refractivity contribution in [2.45, 2.75) is 13.5 Å². The first kappa shape index (κ1) is 18.4. The van der Waals surface area contributed by atoms with Crippen LogP contribution in [0.3, 0.4) is 0 Å². The highest BCUT2D eigenvalue weighted by Gasteiger charge is 2.14. The summed E-state index contributed by atoms with van der Waals surface area (Å²) in [5.41, 5.74) is 11.8. The van der Waals surface area contributed by atoms with Gasteiger partial charge in [0.1, 0.15) is 5.69 Å². The molecule has 5 aromatic rings. The van der Waals surface area contributed by atoms with E-state index in [0.29, 0.717) is 29.2 Å². The highest BCUT2D eigenvalue weighted by Crippen LogP contribution is 2.27. The van der Waals surface area contributed by atoms with Crippen molar-refractivity contribution < 1.29 is 0 Å². The number of anilines is 1. The van der Waals surface area contributed by atoms with Crippen molar-refractivity contribution in [1.82, 2.24) is 35.2 Å². The first-order valence-corrected chi connectivity index (χ1v) is 9.59. The van der Waals surface area contributed by atoms with Crippen LogP contribution in [0.1, 0.15) is 16.8 Å². The van der Waals surface area contributed by atoms with Gasteiger partial charge in [-0.2, -0.15) is 10.4 Å². The van der Waals surface area contributed by atoms with Gasteiger partial charge in [0.15, 0.2) is 0 Å². The predicted molar refractivity (Wildman–Crippen MR) is 116 cm³/mol. The second-order valence-corrected chi connectivity index (χ2v) is 7.11. The van der Waals surface area contributed by atoms with Crippen LogP contribution in [-0.2, 0) is 6.54 Å². The van der Waals surface area contributed by atoms with Crippen molar-refractivity contribution in [3.63, 3.8) is 0 Å². The number of nitrogens with two attached hydrogens (primary N) is 1. The van der Waals surface area contributed by atoms with Crippen LogP contribution in [0.5, 0.6) is 0 Å². The summed E-state index contributed by atoms with van der Waals surface area (Å²) >= 11 is 0. The molecule has 9 nitrogen and oxygen atoms in total. The molecule has 150 valence electrons. The summed E-state index contributed by atoms with van der Waals surface area (Å²) in [6.07, 6.45) is 1.81. The number of aromatic nitrogens is 7. The third-order valence-electron chi connectivity index (χ3n) is 5.14. The Balaban J connectivity index is 1.49. The number of nitrogens with zero attached hydrogens (tertiary/aromatic N) is 7. The topological polar surface area (TPSA) is 135 Å². The Morgan fingerprint density at radius 2 is 1.90 bits per heavy atom. The van der Waals surface area contributed by atoms with Crippen molar-refractivity contribution >= 4 is 16.9 Å². The van der Waals surface area contributed by atoms with Gasteiger partial charge in [0.2, 0.25) is 5.95 Å².